The fourth-order valence-corrected chi connectivity index (χ4v) is 3.83. The van der Waals surface area contributed by atoms with Gasteiger partial charge in [-0.2, -0.15) is 0 Å². The van der Waals surface area contributed by atoms with E-state index in [9.17, 15) is 4.79 Å². The number of hydrogen-bond donors (Lipinski definition) is 1. The topological polar surface area (TPSA) is 58.1 Å². The van der Waals surface area contributed by atoms with Crippen molar-refractivity contribution in [2.75, 3.05) is 25.5 Å². The Morgan fingerprint density at radius 1 is 1.43 bits per heavy atom. The van der Waals surface area contributed by atoms with Gasteiger partial charge in [0.2, 0.25) is 5.91 Å². The molecule has 1 saturated heterocycles. The molecule has 1 N–H and O–H groups in total. The van der Waals surface area contributed by atoms with Gasteiger partial charge in [-0.25, -0.2) is 4.98 Å². The van der Waals surface area contributed by atoms with Crippen molar-refractivity contribution in [3.8, 4) is 0 Å². The van der Waals surface area contributed by atoms with Gasteiger partial charge < -0.3 is 10.2 Å². The van der Waals surface area contributed by atoms with Gasteiger partial charge in [-0.15, -0.1) is 11.3 Å². The minimum Gasteiger partial charge on any atom is -0.372 e. The molecule has 122 valence electrons. The summed E-state index contributed by atoms with van der Waals surface area (Å²) in [5.41, 5.74) is 0.993. The smallest absolute Gasteiger partial charge is 0.227 e. The van der Waals surface area contributed by atoms with Gasteiger partial charge in [-0.3, -0.25) is 9.78 Å². The molecule has 23 heavy (non-hydrogen) atoms. The number of thiophene rings is 1. The molecule has 6 heteroatoms. The van der Waals surface area contributed by atoms with E-state index in [0.717, 1.165) is 48.7 Å². The number of hydrogen-bond acceptors (Lipinski definition) is 5. The minimum atomic E-state index is 0.241. The number of nitrogens with zero attached hydrogens (tertiary/aromatic N) is 3. The molecule has 5 nitrogen and oxygen atoms in total. The van der Waals surface area contributed by atoms with Crippen LogP contribution in [0.1, 0.15) is 23.4 Å². The maximum atomic E-state index is 12.5. The Kier molecular flexibility index (Phi) is 5.23. The van der Waals surface area contributed by atoms with Crippen molar-refractivity contribution in [1.82, 2.24) is 14.9 Å². The summed E-state index contributed by atoms with van der Waals surface area (Å²) in [6.07, 6.45) is 7.04. The average Bonchev–Trinajstić information content (AvgIpc) is 3.08. The maximum absolute atomic E-state index is 12.5. The Balaban J connectivity index is 1.60. The van der Waals surface area contributed by atoms with Crippen molar-refractivity contribution >= 4 is 23.1 Å². The molecule has 1 unspecified atom stereocenters. The third kappa shape index (κ3) is 4.07. The first-order valence-electron chi connectivity index (χ1n) is 8.04. The molecular weight excluding hydrogens is 308 g/mol. The summed E-state index contributed by atoms with van der Waals surface area (Å²) in [4.78, 5) is 24.4. The molecule has 1 amide bonds. The van der Waals surface area contributed by atoms with Gasteiger partial charge in [0, 0.05) is 37.4 Å². The van der Waals surface area contributed by atoms with E-state index in [0.29, 0.717) is 12.3 Å². The van der Waals surface area contributed by atoms with Gasteiger partial charge in [-0.1, -0.05) is 6.07 Å². The zero-order valence-electron chi connectivity index (χ0n) is 13.4. The maximum Gasteiger partial charge on any atom is 0.227 e. The normalized spacial score (nSPS) is 18.0. The van der Waals surface area contributed by atoms with Gasteiger partial charge in [0.1, 0.15) is 5.82 Å². The summed E-state index contributed by atoms with van der Waals surface area (Å²) < 4.78 is 0. The van der Waals surface area contributed by atoms with Crippen LogP contribution in [0.2, 0.25) is 0 Å². The van der Waals surface area contributed by atoms with Gasteiger partial charge in [0.15, 0.2) is 0 Å². The van der Waals surface area contributed by atoms with Crippen molar-refractivity contribution in [2.45, 2.75) is 25.7 Å². The number of rotatable bonds is 5. The molecule has 1 aliphatic heterocycles. The van der Waals surface area contributed by atoms with Crippen LogP contribution in [0, 0.1) is 5.92 Å². The van der Waals surface area contributed by atoms with E-state index in [1.165, 1.54) is 0 Å². The lowest BCUT2D eigenvalue weighted by Gasteiger charge is -2.33. The van der Waals surface area contributed by atoms with E-state index >= 15 is 0 Å². The lowest BCUT2D eigenvalue weighted by atomic mass is 9.93. The van der Waals surface area contributed by atoms with Crippen molar-refractivity contribution in [2.24, 2.45) is 5.92 Å². The molecule has 1 aliphatic rings. The van der Waals surface area contributed by atoms with E-state index in [4.69, 9.17) is 0 Å². The Bertz CT molecular complexity index is 644. The summed E-state index contributed by atoms with van der Waals surface area (Å²) in [5.74, 6) is 1.54. The molecule has 3 heterocycles. The number of nitrogens with one attached hydrogen (secondary N) is 1. The van der Waals surface area contributed by atoms with Crippen LogP contribution in [-0.4, -0.2) is 40.9 Å². The first kappa shape index (κ1) is 15.9. The largest absolute Gasteiger partial charge is 0.372 e. The van der Waals surface area contributed by atoms with Gasteiger partial charge >= 0.3 is 0 Å². The van der Waals surface area contributed by atoms with Crippen LogP contribution in [-0.2, 0) is 17.6 Å². The lowest BCUT2D eigenvalue weighted by molar-refractivity contribution is -0.132. The van der Waals surface area contributed by atoms with Crippen molar-refractivity contribution in [3.63, 3.8) is 0 Å². The van der Waals surface area contributed by atoms with E-state index in [-0.39, 0.29) is 5.91 Å². The Labute approximate surface area is 140 Å². The number of carbonyl (C=O) groups is 1. The SMILES string of the molecule is CNc1nccnc1CC1CCCN(C(=O)Cc2cccs2)C1. The zero-order chi connectivity index (χ0) is 16.1. The van der Waals surface area contributed by atoms with Crippen LogP contribution in [0.3, 0.4) is 0 Å². The summed E-state index contributed by atoms with van der Waals surface area (Å²) in [5, 5.41) is 5.12. The summed E-state index contributed by atoms with van der Waals surface area (Å²) in [6, 6.07) is 4.03. The molecule has 3 rings (SSSR count). The first-order chi connectivity index (χ1) is 11.3. The molecule has 0 bridgehead atoms. The van der Waals surface area contributed by atoms with E-state index in [1.54, 1.807) is 23.7 Å². The quantitative estimate of drug-likeness (QED) is 0.915. The monoisotopic (exact) mass is 330 g/mol. The van der Waals surface area contributed by atoms with Crippen molar-refractivity contribution < 1.29 is 4.79 Å². The molecule has 0 aliphatic carbocycles. The van der Waals surface area contributed by atoms with Crippen molar-refractivity contribution in [1.29, 1.82) is 0 Å². The van der Waals surface area contributed by atoms with Crippen molar-refractivity contribution in [3.05, 3.63) is 40.5 Å². The predicted molar refractivity (Wildman–Crippen MR) is 92.6 cm³/mol. The number of piperidine rings is 1. The fraction of sp³-hybridized carbons (Fsp3) is 0.471. The number of anilines is 1. The highest BCUT2D eigenvalue weighted by molar-refractivity contribution is 7.10. The molecule has 0 spiro atoms. The molecular formula is C17H22N4OS. The van der Waals surface area contributed by atoms with Gasteiger partial charge in [-0.05, 0) is 36.6 Å². The van der Waals surface area contributed by atoms with Crippen LogP contribution >= 0.6 is 11.3 Å². The Morgan fingerprint density at radius 3 is 3.09 bits per heavy atom. The number of amides is 1. The molecule has 2 aromatic heterocycles. The summed E-state index contributed by atoms with van der Waals surface area (Å²) in [7, 11) is 1.87. The Morgan fingerprint density at radius 2 is 2.30 bits per heavy atom. The van der Waals surface area contributed by atoms with Crippen LogP contribution in [0.4, 0.5) is 5.82 Å². The predicted octanol–water partition coefficient (Wildman–Crippen LogP) is 2.60. The Hall–Kier alpha value is -1.95. The highest BCUT2D eigenvalue weighted by atomic mass is 32.1. The standard InChI is InChI=1S/C17H22N4OS/c1-18-17-15(19-6-7-20-17)10-13-4-2-8-21(12-13)16(22)11-14-5-3-9-23-14/h3,5-7,9,13H,2,4,8,10-12H2,1H3,(H,18,20). The van der Waals surface area contributed by atoms with Gasteiger partial charge in [0.05, 0.1) is 12.1 Å². The molecule has 1 atom stereocenters. The fourth-order valence-electron chi connectivity index (χ4n) is 3.13. The van der Waals surface area contributed by atoms with E-state index in [2.05, 4.69) is 15.3 Å². The lowest BCUT2D eigenvalue weighted by Crippen LogP contribution is -2.41. The molecule has 1 fully saturated rings. The molecule has 0 saturated carbocycles. The number of carbonyl (C=O) groups excluding carboxylic acids is 1. The van der Waals surface area contributed by atoms with E-state index in [1.807, 2.05) is 29.5 Å². The summed E-state index contributed by atoms with van der Waals surface area (Å²) >= 11 is 1.65. The first-order valence-corrected chi connectivity index (χ1v) is 8.92. The zero-order valence-corrected chi connectivity index (χ0v) is 14.2. The highest BCUT2D eigenvalue weighted by Crippen LogP contribution is 2.23. The van der Waals surface area contributed by atoms with Crippen LogP contribution in [0.5, 0.6) is 0 Å². The average molecular weight is 330 g/mol. The minimum absolute atomic E-state index is 0.241. The number of likely N-dealkylation sites (tertiary alicyclic amines) is 1. The molecule has 0 aromatic carbocycles. The third-order valence-electron chi connectivity index (χ3n) is 4.27. The summed E-state index contributed by atoms with van der Waals surface area (Å²) in [6.45, 7) is 1.70. The highest BCUT2D eigenvalue weighted by Gasteiger charge is 2.25. The number of aromatic nitrogens is 2. The van der Waals surface area contributed by atoms with Gasteiger partial charge in [0.25, 0.3) is 0 Å². The van der Waals surface area contributed by atoms with E-state index < -0.39 is 0 Å². The molecule has 0 radical (unpaired) electrons. The second-order valence-electron chi connectivity index (χ2n) is 5.91. The third-order valence-corrected chi connectivity index (χ3v) is 5.15. The van der Waals surface area contributed by atoms with Crippen LogP contribution in [0.15, 0.2) is 29.9 Å². The van der Waals surface area contributed by atoms with Crippen LogP contribution < -0.4 is 5.32 Å². The van der Waals surface area contributed by atoms with Crippen LogP contribution in [0.25, 0.3) is 0 Å². The second-order valence-corrected chi connectivity index (χ2v) is 6.94. The second kappa shape index (κ2) is 7.55. The molecule has 2 aromatic rings.